The van der Waals surface area contributed by atoms with Gasteiger partial charge in [0.1, 0.15) is 5.54 Å². The second-order valence-electron chi connectivity index (χ2n) is 8.39. The largest absolute Gasteiger partial charge is 0.353 e. The van der Waals surface area contributed by atoms with Crippen LogP contribution in [0.15, 0.2) is 30.3 Å². The lowest BCUT2D eigenvalue weighted by Gasteiger charge is -2.32. The molecule has 0 unspecified atom stereocenters. The van der Waals surface area contributed by atoms with E-state index in [0.717, 1.165) is 23.4 Å². The average Bonchev–Trinajstić information content (AvgIpc) is 2.98. The van der Waals surface area contributed by atoms with Crippen molar-refractivity contribution in [2.45, 2.75) is 57.5 Å². The number of hydrogen-bond donors (Lipinski definition) is 3. The number of hydrogen-bond acceptors (Lipinski definition) is 5. The maximum Gasteiger partial charge on any atom is 0.344 e. The van der Waals surface area contributed by atoms with Gasteiger partial charge in [-0.1, -0.05) is 37.3 Å². The van der Waals surface area contributed by atoms with Crippen LogP contribution in [0, 0.1) is 0 Å². The number of benzene rings is 1. The summed E-state index contributed by atoms with van der Waals surface area (Å²) in [7, 11) is 0. The van der Waals surface area contributed by atoms with Crippen molar-refractivity contribution < 1.29 is 19.2 Å². The summed E-state index contributed by atoms with van der Waals surface area (Å²) in [6.07, 6.45) is 3.11. The molecule has 3 rings (SSSR count). The summed E-state index contributed by atoms with van der Waals surface area (Å²) in [5.74, 6) is -0.822. The molecule has 168 valence electrons. The number of aryl methyl sites for hydroxylation is 1. The van der Waals surface area contributed by atoms with Gasteiger partial charge in [-0.15, -0.1) is 0 Å². The first-order chi connectivity index (χ1) is 14.8. The van der Waals surface area contributed by atoms with Gasteiger partial charge in [-0.05, 0) is 38.2 Å². The summed E-state index contributed by atoms with van der Waals surface area (Å²) in [6, 6.07) is 9.40. The molecule has 2 fully saturated rings. The summed E-state index contributed by atoms with van der Waals surface area (Å²) in [5, 5.41) is 6.45. The first kappa shape index (κ1) is 22.7. The molecule has 1 aromatic rings. The highest BCUT2D eigenvalue weighted by Crippen LogP contribution is 2.19. The Kier molecular flexibility index (Phi) is 7.27. The van der Waals surface area contributed by atoms with Crippen molar-refractivity contribution in [1.82, 2.24) is 26.0 Å². The van der Waals surface area contributed by atoms with Crippen LogP contribution in [0.5, 0.6) is 0 Å². The van der Waals surface area contributed by atoms with Gasteiger partial charge >= 0.3 is 6.03 Å². The molecule has 9 heteroatoms. The second-order valence-corrected chi connectivity index (χ2v) is 8.39. The zero-order chi connectivity index (χ0) is 22.4. The van der Waals surface area contributed by atoms with Gasteiger partial charge in [-0.2, -0.15) is 5.01 Å². The molecular weight excluding hydrogens is 398 g/mol. The van der Waals surface area contributed by atoms with Crippen molar-refractivity contribution in [3.05, 3.63) is 35.9 Å². The maximum absolute atomic E-state index is 12.4. The Bertz CT molecular complexity index is 822. The van der Waals surface area contributed by atoms with E-state index in [1.165, 1.54) is 0 Å². The molecule has 2 heterocycles. The van der Waals surface area contributed by atoms with Crippen LogP contribution in [0.1, 0.15) is 45.1 Å². The number of rotatable bonds is 8. The van der Waals surface area contributed by atoms with Crippen LogP contribution in [0.3, 0.4) is 0 Å². The molecule has 9 nitrogen and oxygen atoms in total. The number of amides is 5. The number of nitrogens with one attached hydrogen (secondary N) is 3. The van der Waals surface area contributed by atoms with Gasteiger partial charge in [0, 0.05) is 25.6 Å². The number of likely N-dealkylation sites (tertiary alicyclic amines) is 1. The fourth-order valence-electron chi connectivity index (χ4n) is 3.83. The van der Waals surface area contributed by atoms with Gasteiger partial charge < -0.3 is 10.6 Å². The predicted molar refractivity (Wildman–Crippen MR) is 115 cm³/mol. The van der Waals surface area contributed by atoms with E-state index in [1.807, 2.05) is 35.2 Å². The van der Waals surface area contributed by atoms with Crippen LogP contribution in [0.4, 0.5) is 4.79 Å². The molecule has 0 spiro atoms. The quantitative estimate of drug-likeness (QED) is 0.533. The van der Waals surface area contributed by atoms with E-state index in [-0.39, 0.29) is 18.5 Å². The Morgan fingerprint density at radius 1 is 1.13 bits per heavy atom. The molecule has 0 bridgehead atoms. The Labute approximate surface area is 182 Å². The predicted octanol–water partition coefficient (Wildman–Crippen LogP) is 0.952. The molecule has 0 saturated carbocycles. The molecular formula is C22H31N5O4. The standard InChI is InChI=1S/C22H31N5O4/c1-3-22(2)20(30)27(21(31)24-22)25-19(29)15-26-13-11-17(12-14-26)23-18(28)10-9-16-7-5-4-6-8-16/h4-8,17H,3,9-15H2,1-2H3,(H,23,28)(H,24,31)(H,25,29)/t22-/m1/s1. The van der Waals surface area contributed by atoms with Crippen LogP contribution in [-0.4, -0.2) is 64.9 Å². The van der Waals surface area contributed by atoms with E-state index in [1.54, 1.807) is 13.8 Å². The fraction of sp³-hybridized carbons (Fsp3) is 0.545. The van der Waals surface area contributed by atoms with Gasteiger partial charge in [-0.25, -0.2) is 4.79 Å². The van der Waals surface area contributed by atoms with Crippen molar-refractivity contribution in [2.75, 3.05) is 19.6 Å². The number of piperidine rings is 1. The lowest BCUT2D eigenvalue weighted by atomic mass is 10.00. The highest BCUT2D eigenvalue weighted by molar-refractivity contribution is 6.07. The Balaban J connectivity index is 1.37. The summed E-state index contributed by atoms with van der Waals surface area (Å²) in [6.45, 7) is 4.84. The summed E-state index contributed by atoms with van der Waals surface area (Å²) in [4.78, 5) is 50.9. The molecule has 0 radical (unpaired) electrons. The molecule has 5 amide bonds. The van der Waals surface area contributed by atoms with Crippen LogP contribution in [-0.2, 0) is 20.8 Å². The molecule has 2 saturated heterocycles. The first-order valence-corrected chi connectivity index (χ1v) is 10.8. The Morgan fingerprint density at radius 3 is 2.42 bits per heavy atom. The molecule has 0 aromatic heterocycles. The average molecular weight is 430 g/mol. The summed E-state index contributed by atoms with van der Waals surface area (Å²) in [5.41, 5.74) is 2.57. The van der Waals surface area contributed by atoms with Crippen LogP contribution >= 0.6 is 0 Å². The summed E-state index contributed by atoms with van der Waals surface area (Å²) < 4.78 is 0. The smallest absolute Gasteiger partial charge is 0.344 e. The summed E-state index contributed by atoms with van der Waals surface area (Å²) >= 11 is 0. The van der Waals surface area contributed by atoms with Gasteiger partial charge in [0.25, 0.3) is 11.8 Å². The van der Waals surface area contributed by atoms with E-state index in [4.69, 9.17) is 0 Å². The highest BCUT2D eigenvalue weighted by Gasteiger charge is 2.47. The maximum atomic E-state index is 12.4. The fourth-order valence-corrected chi connectivity index (χ4v) is 3.83. The van der Waals surface area contributed by atoms with Crippen LogP contribution < -0.4 is 16.1 Å². The monoisotopic (exact) mass is 429 g/mol. The highest BCUT2D eigenvalue weighted by atomic mass is 16.2. The van der Waals surface area contributed by atoms with Gasteiger partial charge in [0.05, 0.1) is 6.54 Å². The van der Waals surface area contributed by atoms with Crippen LogP contribution in [0.2, 0.25) is 0 Å². The lowest BCUT2D eigenvalue weighted by molar-refractivity contribution is -0.139. The second kappa shape index (κ2) is 9.91. The molecule has 1 atom stereocenters. The Morgan fingerprint density at radius 2 is 1.81 bits per heavy atom. The molecule has 31 heavy (non-hydrogen) atoms. The number of carbonyl (C=O) groups excluding carboxylic acids is 4. The number of imide groups is 1. The van der Waals surface area contributed by atoms with Crippen molar-refractivity contribution >= 4 is 23.8 Å². The topological polar surface area (TPSA) is 111 Å². The zero-order valence-electron chi connectivity index (χ0n) is 18.1. The first-order valence-electron chi connectivity index (χ1n) is 10.8. The third-order valence-corrected chi connectivity index (χ3v) is 6.01. The molecule has 3 N–H and O–H groups in total. The minimum Gasteiger partial charge on any atom is -0.353 e. The van der Waals surface area contributed by atoms with E-state index >= 15 is 0 Å². The van der Waals surface area contributed by atoms with E-state index in [9.17, 15) is 19.2 Å². The minimum absolute atomic E-state index is 0.0394. The normalized spacial score (nSPS) is 22.3. The molecule has 2 aliphatic heterocycles. The van der Waals surface area contributed by atoms with Gasteiger partial charge in [-0.3, -0.25) is 24.7 Å². The third kappa shape index (κ3) is 5.81. The number of urea groups is 1. The molecule has 0 aliphatic carbocycles. The van der Waals surface area contributed by atoms with Crippen LogP contribution in [0.25, 0.3) is 0 Å². The van der Waals surface area contributed by atoms with E-state index in [2.05, 4.69) is 16.1 Å². The van der Waals surface area contributed by atoms with Crippen molar-refractivity contribution in [3.63, 3.8) is 0 Å². The molecule has 1 aromatic carbocycles. The van der Waals surface area contributed by atoms with E-state index < -0.39 is 23.4 Å². The van der Waals surface area contributed by atoms with Gasteiger partial charge in [0.2, 0.25) is 5.91 Å². The molecule has 2 aliphatic rings. The van der Waals surface area contributed by atoms with Gasteiger partial charge in [0.15, 0.2) is 0 Å². The minimum atomic E-state index is -0.985. The number of hydrazine groups is 1. The zero-order valence-corrected chi connectivity index (χ0v) is 18.1. The number of nitrogens with zero attached hydrogens (tertiary/aromatic N) is 2. The van der Waals surface area contributed by atoms with Crippen molar-refractivity contribution in [1.29, 1.82) is 0 Å². The SMILES string of the molecule is CC[C@@]1(C)NC(=O)N(NC(=O)CN2CCC(NC(=O)CCc3ccccc3)CC2)C1=O. The Hall–Kier alpha value is -2.94. The lowest BCUT2D eigenvalue weighted by Crippen LogP contribution is -2.52. The van der Waals surface area contributed by atoms with Crippen molar-refractivity contribution in [3.8, 4) is 0 Å². The van der Waals surface area contributed by atoms with Crippen molar-refractivity contribution in [2.24, 2.45) is 0 Å². The number of carbonyl (C=O) groups is 4. The van der Waals surface area contributed by atoms with E-state index in [0.29, 0.717) is 32.4 Å². The third-order valence-electron chi connectivity index (χ3n) is 6.01.